The molecule has 1 atom stereocenters. The van der Waals surface area contributed by atoms with E-state index in [-0.39, 0.29) is 11.9 Å². The Morgan fingerprint density at radius 3 is 2.50 bits per heavy atom. The van der Waals surface area contributed by atoms with E-state index >= 15 is 0 Å². The normalized spacial score (nSPS) is 18.3. The van der Waals surface area contributed by atoms with Gasteiger partial charge in [0.05, 0.1) is 12.1 Å². The van der Waals surface area contributed by atoms with Crippen LogP contribution >= 0.6 is 11.6 Å². The number of nitrogens with zero attached hydrogens (tertiary/aromatic N) is 1. The van der Waals surface area contributed by atoms with Crippen LogP contribution in [0.1, 0.15) is 37.8 Å². The zero-order valence-corrected chi connectivity index (χ0v) is 11.0. The van der Waals surface area contributed by atoms with Crippen molar-refractivity contribution in [1.29, 1.82) is 5.26 Å². The fourth-order valence-electron chi connectivity index (χ4n) is 2.09. The maximum Gasteiger partial charge on any atom is 0.240 e. The molecule has 1 saturated carbocycles. The average Bonchev–Trinajstić information content (AvgIpc) is 2.29. The molecule has 0 radical (unpaired) electrons. The summed E-state index contributed by atoms with van der Waals surface area (Å²) in [5, 5.41) is 12.7. The summed E-state index contributed by atoms with van der Waals surface area (Å²) in [6, 6.07) is 9.39. The summed E-state index contributed by atoms with van der Waals surface area (Å²) in [6.45, 7) is 1.91. The zero-order valence-electron chi connectivity index (χ0n) is 10.2. The molecule has 0 spiro atoms. The Morgan fingerprint density at radius 1 is 1.44 bits per heavy atom. The fraction of sp³-hybridized carbons (Fsp3) is 0.429. The summed E-state index contributed by atoms with van der Waals surface area (Å²) in [7, 11) is 0. The summed E-state index contributed by atoms with van der Waals surface area (Å²) in [5.74, 6) is -0.154. The smallest absolute Gasteiger partial charge is 0.240 e. The van der Waals surface area contributed by atoms with Crippen LogP contribution in [0.15, 0.2) is 24.3 Å². The lowest BCUT2D eigenvalue weighted by molar-refractivity contribution is -0.132. The molecule has 1 aromatic carbocycles. The zero-order chi connectivity index (χ0) is 13.2. The standard InChI is InChI=1S/C14H15ClN2O/c1-10(11-3-5-12(15)6-4-11)17-13(18)14(9-16)7-2-8-14/h3-6,10H,2,7-8H2,1H3,(H,17,18). The molecular weight excluding hydrogens is 248 g/mol. The Morgan fingerprint density at radius 2 is 2.06 bits per heavy atom. The number of amides is 1. The summed E-state index contributed by atoms with van der Waals surface area (Å²) < 4.78 is 0. The van der Waals surface area contributed by atoms with Gasteiger partial charge in [0.2, 0.25) is 5.91 Å². The molecule has 0 aliphatic heterocycles. The number of nitrogens with one attached hydrogen (secondary N) is 1. The van der Waals surface area contributed by atoms with Crippen LogP contribution < -0.4 is 5.32 Å². The molecule has 0 bridgehead atoms. The predicted octanol–water partition coefficient (Wildman–Crippen LogP) is 3.21. The Balaban J connectivity index is 2.03. The molecule has 1 amide bonds. The third kappa shape index (κ3) is 2.34. The van der Waals surface area contributed by atoms with Crippen molar-refractivity contribution in [3.05, 3.63) is 34.9 Å². The van der Waals surface area contributed by atoms with Crippen molar-refractivity contribution in [3.63, 3.8) is 0 Å². The summed E-state index contributed by atoms with van der Waals surface area (Å²) in [6.07, 6.45) is 2.29. The molecule has 0 aromatic heterocycles. The van der Waals surface area contributed by atoms with Gasteiger partial charge >= 0.3 is 0 Å². The van der Waals surface area contributed by atoms with E-state index in [0.29, 0.717) is 17.9 Å². The molecule has 0 saturated heterocycles. The Labute approximate surface area is 112 Å². The van der Waals surface area contributed by atoms with E-state index in [9.17, 15) is 4.79 Å². The van der Waals surface area contributed by atoms with Crippen LogP contribution in [0.2, 0.25) is 5.02 Å². The molecule has 1 fully saturated rings. The minimum atomic E-state index is -0.791. The first-order valence-corrected chi connectivity index (χ1v) is 6.43. The van der Waals surface area contributed by atoms with Crippen LogP contribution in [0.5, 0.6) is 0 Å². The number of carbonyl (C=O) groups excluding carboxylic acids is 1. The first-order chi connectivity index (χ1) is 8.57. The minimum absolute atomic E-state index is 0.111. The van der Waals surface area contributed by atoms with Crippen LogP contribution in [-0.2, 0) is 4.79 Å². The Bertz CT molecular complexity index is 486. The van der Waals surface area contributed by atoms with Crippen LogP contribution in [-0.4, -0.2) is 5.91 Å². The largest absolute Gasteiger partial charge is 0.348 e. The summed E-state index contributed by atoms with van der Waals surface area (Å²) >= 11 is 5.82. The number of benzene rings is 1. The van der Waals surface area contributed by atoms with Crippen molar-refractivity contribution >= 4 is 17.5 Å². The van der Waals surface area contributed by atoms with Gasteiger partial charge in [-0.05, 0) is 43.9 Å². The van der Waals surface area contributed by atoms with Gasteiger partial charge < -0.3 is 5.32 Å². The van der Waals surface area contributed by atoms with Crippen molar-refractivity contribution < 1.29 is 4.79 Å². The first-order valence-electron chi connectivity index (χ1n) is 6.05. The van der Waals surface area contributed by atoms with Gasteiger partial charge in [0.15, 0.2) is 0 Å². The maximum absolute atomic E-state index is 12.1. The van der Waals surface area contributed by atoms with Crippen LogP contribution in [0, 0.1) is 16.7 Å². The van der Waals surface area contributed by atoms with E-state index in [1.807, 2.05) is 19.1 Å². The number of halogens is 1. The highest BCUT2D eigenvalue weighted by molar-refractivity contribution is 6.30. The van der Waals surface area contributed by atoms with E-state index in [1.54, 1.807) is 12.1 Å². The lowest BCUT2D eigenvalue weighted by atomic mass is 9.69. The first kappa shape index (κ1) is 12.9. The van der Waals surface area contributed by atoms with Gasteiger partial charge in [-0.1, -0.05) is 23.7 Å². The van der Waals surface area contributed by atoms with E-state index in [0.717, 1.165) is 12.0 Å². The molecule has 1 N–H and O–H groups in total. The molecule has 3 nitrogen and oxygen atoms in total. The van der Waals surface area contributed by atoms with Crippen LogP contribution in [0.3, 0.4) is 0 Å². The van der Waals surface area contributed by atoms with Gasteiger partial charge in [-0.2, -0.15) is 5.26 Å². The van der Waals surface area contributed by atoms with E-state index in [1.165, 1.54) is 0 Å². The molecule has 18 heavy (non-hydrogen) atoms. The summed E-state index contributed by atoms with van der Waals surface area (Å²) in [5.41, 5.74) is 0.195. The molecule has 1 aliphatic carbocycles. The number of hydrogen-bond acceptors (Lipinski definition) is 2. The van der Waals surface area contributed by atoms with Crippen molar-refractivity contribution in [2.45, 2.75) is 32.2 Å². The van der Waals surface area contributed by atoms with Gasteiger partial charge in [0, 0.05) is 5.02 Å². The quantitative estimate of drug-likeness (QED) is 0.909. The molecule has 1 aliphatic rings. The lowest BCUT2D eigenvalue weighted by Gasteiger charge is -2.34. The van der Waals surface area contributed by atoms with Crippen molar-refractivity contribution in [2.24, 2.45) is 5.41 Å². The monoisotopic (exact) mass is 262 g/mol. The highest BCUT2D eigenvalue weighted by Gasteiger charge is 2.44. The van der Waals surface area contributed by atoms with E-state index in [2.05, 4.69) is 11.4 Å². The van der Waals surface area contributed by atoms with Crippen molar-refractivity contribution in [2.75, 3.05) is 0 Å². The number of nitriles is 1. The number of rotatable bonds is 3. The van der Waals surface area contributed by atoms with Gasteiger partial charge in [0.25, 0.3) is 0 Å². The Hall–Kier alpha value is -1.53. The highest BCUT2D eigenvalue weighted by Crippen LogP contribution is 2.40. The number of hydrogen-bond donors (Lipinski definition) is 1. The van der Waals surface area contributed by atoms with Gasteiger partial charge in [-0.25, -0.2) is 0 Å². The highest BCUT2D eigenvalue weighted by atomic mass is 35.5. The van der Waals surface area contributed by atoms with Gasteiger partial charge in [0.1, 0.15) is 5.41 Å². The fourth-order valence-corrected chi connectivity index (χ4v) is 2.22. The second-order valence-corrected chi connectivity index (χ2v) is 5.23. The molecule has 2 rings (SSSR count). The van der Waals surface area contributed by atoms with Crippen molar-refractivity contribution in [3.8, 4) is 6.07 Å². The van der Waals surface area contributed by atoms with Crippen LogP contribution in [0.25, 0.3) is 0 Å². The molecule has 94 valence electrons. The number of carbonyl (C=O) groups is 1. The predicted molar refractivity (Wildman–Crippen MR) is 69.9 cm³/mol. The molecule has 4 heteroatoms. The summed E-state index contributed by atoms with van der Waals surface area (Å²) in [4.78, 5) is 12.1. The Kier molecular flexibility index (Phi) is 3.58. The third-order valence-corrected chi connectivity index (χ3v) is 3.83. The molecule has 0 heterocycles. The maximum atomic E-state index is 12.1. The van der Waals surface area contributed by atoms with E-state index < -0.39 is 5.41 Å². The molecular formula is C14H15ClN2O. The lowest BCUT2D eigenvalue weighted by Crippen LogP contribution is -2.45. The van der Waals surface area contributed by atoms with Gasteiger partial charge in [-0.15, -0.1) is 0 Å². The topological polar surface area (TPSA) is 52.9 Å². The van der Waals surface area contributed by atoms with Gasteiger partial charge in [-0.3, -0.25) is 4.79 Å². The van der Waals surface area contributed by atoms with Crippen molar-refractivity contribution in [1.82, 2.24) is 5.32 Å². The second-order valence-electron chi connectivity index (χ2n) is 4.79. The molecule has 1 unspecified atom stereocenters. The van der Waals surface area contributed by atoms with Crippen LogP contribution in [0.4, 0.5) is 0 Å². The van der Waals surface area contributed by atoms with E-state index in [4.69, 9.17) is 16.9 Å². The second kappa shape index (κ2) is 4.99. The molecule has 1 aromatic rings. The SMILES string of the molecule is CC(NC(=O)C1(C#N)CCC1)c1ccc(Cl)cc1. The third-order valence-electron chi connectivity index (χ3n) is 3.57. The average molecular weight is 263 g/mol. The minimum Gasteiger partial charge on any atom is -0.348 e.